The van der Waals surface area contributed by atoms with E-state index in [1.807, 2.05) is 0 Å². The van der Waals surface area contributed by atoms with Gasteiger partial charge >= 0.3 is 5.97 Å². The summed E-state index contributed by atoms with van der Waals surface area (Å²) in [6.07, 6.45) is 1.34. The zero-order chi connectivity index (χ0) is 11.1. The van der Waals surface area contributed by atoms with Gasteiger partial charge in [0.05, 0.1) is 6.42 Å². The van der Waals surface area contributed by atoms with Crippen LogP contribution in [0.4, 0.5) is 4.39 Å². The quantitative estimate of drug-likeness (QED) is 0.864. The molecule has 1 N–H and O–H groups in total. The van der Waals surface area contributed by atoms with E-state index in [4.69, 9.17) is 16.7 Å². The van der Waals surface area contributed by atoms with Crippen molar-refractivity contribution >= 4 is 17.6 Å². The highest BCUT2D eigenvalue weighted by Gasteiger charge is 2.48. The maximum atomic E-state index is 13.6. The van der Waals surface area contributed by atoms with Gasteiger partial charge in [-0.15, -0.1) is 0 Å². The fraction of sp³-hybridized carbons (Fsp3) is 0.364. The second kappa shape index (κ2) is 3.49. The Morgan fingerprint density at radius 2 is 2.20 bits per heavy atom. The Morgan fingerprint density at radius 1 is 1.53 bits per heavy atom. The van der Waals surface area contributed by atoms with Crippen molar-refractivity contribution < 1.29 is 14.3 Å². The van der Waals surface area contributed by atoms with Crippen molar-refractivity contribution in [3.05, 3.63) is 34.6 Å². The molecule has 15 heavy (non-hydrogen) atoms. The monoisotopic (exact) mass is 228 g/mol. The van der Waals surface area contributed by atoms with Crippen LogP contribution in [0.5, 0.6) is 0 Å². The number of carbonyl (C=O) groups is 1. The first-order valence-electron chi connectivity index (χ1n) is 4.71. The topological polar surface area (TPSA) is 37.3 Å². The van der Waals surface area contributed by atoms with Crippen LogP contribution in [-0.4, -0.2) is 11.1 Å². The highest BCUT2D eigenvalue weighted by atomic mass is 35.5. The number of halogens is 2. The van der Waals surface area contributed by atoms with Crippen LogP contribution in [0.3, 0.4) is 0 Å². The summed E-state index contributed by atoms with van der Waals surface area (Å²) in [5, 5.41) is 9.09. The van der Waals surface area contributed by atoms with E-state index in [0.29, 0.717) is 23.4 Å². The summed E-state index contributed by atoms with van der Waals surface area (Å²) in [5.41, 5.74) is -0.192. The molecule has 0 radical (unpaired) electrons. The van der Waals surface area contributed by atoms with Crippen LogP contribution in [0.2, 0.25) is 5.02 Å². The van der Waals surface area contributed by atoms with Crippen LogP contribution in [0.1, 0.15) is 24.8 Å². The van der Waals surface area contributed by atoms with E-state index in [9.17, 15) is 9.18 Å². The fourth-order valence-corrected chi connectivity index (χ4v) is 2.32. The normalized spacial score (nSPS) is 17.5. The lowest BCUT2D eigenvalue weighted by Gasteiger charge is -2.15. The predicted octanol–water partition coefficient (Wildman–Crippen LogP) is 2.99. The molecule has 1 fully saturated rings. The summed E-state index contributed by atoms with van der Waals surface area (Å²) in [5.74, 6) is -1.31. The van der Waals surface area contributed by atoms with E-state index in [2.05, 4.69) is 0 Å². The van der Waals surface area contributed by atoms with Gasteiger partial charge < -0.3 is 5.11 Å². The maximum absolute atomic E-state index is 13.6. The molecule has 1 saturated carbocycles. The molecule has 0 amide bonds. The summed E-state index contributed by atoms with van der Waals surface area (Å²) in [4.78, 5) is 10.7. The summed E-state index contributed by atoms with van der Waals surface area (Å²) >= 11 is 5.90. The number of carboxylic acid groups (broad SMARTS) is 1. The molecule has 0 spiro atoms. The van der Waals surface area contributed by atoms with Gasteiger partial charge in [-0.3, -0.25) is 4.79 Å². The molecule has 0 heterocycles. The molecule has 0 aromatic heterocycles. The van der Waals surface area contributed by atoms with Crippen molar-refractivity contribution in [2.24, 2.45) is 0 Å². The Bertz CT molecular complexity index is 393. The average molecular weight is 229 g/mol. The Hall–Kier alpha value is -1.09. The molecule has 1 aliphatic carbocycles. The van der Waals surface area contributed by atoms with Crippen molar-refractivity contribution in [1.29, 1.82) is 0 Å². The van der Waals surface area contributed by atoms with Gasteiger partial charge in [0.1, 0.15) is 5.82 Å². The minimum absolute atomic E-state index is 0.0480. The van der Waals surface area contributed by atoms with Crippen molar-refractivity contribution in [3.8, 4) is 0 Å². The Morgan fingerprint density at radius 3 is 2.67 bits per heavy atom. The van der Waals surface area contributed by atoms with E-state index in [1.54, 1.807) is 6.07 Å². The molecule has 80 valence electrons. The van der Waals surface area contributed by atoms with Crippen LogP contribution in [0.15, 0.2) is 18.2 Å². The van der Waals surface area contributed by atoms with Crippen molar-refractivity contribution in [3.63, 3.8) is 0 Å². The molecular formula is C11H10ClFO2. The Balaban J connectivity index is 2.41. The molecule has 0 saturated heterocycles. The number of hydrogen-bond acceptors (Lipinski definition) is 1. The number of carboxylic acids is 1. The Kier molecular flexibility index (Phi) is 2.43. The molecule has 0 unspecified atom stereocenters. The molecule has 2 rings (SSSR count). The van der Waals surface area contributed by atoms with Crippen LogP contribution in [-0.2, 0) is 10.2 Å². The van der Waals surface area contributed by atoms with Crippen molar-refractivity contribution in [2.45, 2.75) is 24.7 Å². The fourth-order valence-electron chi connectivity index (χ4n) is 1.96. The van der Waals surface area contributed by atoms with Gasteiger partial charge in [0, 0.05) is 16.0 Å². The number of hydrogen-bond donors (Lipinski definition) is 1. The standard InChI is InChI=1S/C11H10ClFO2/c12-7-2-1-3-8(13)10(7)11(4-5-11)6-9(14)15/h1-3H,4-6H2,(H,14,15). The number of benzene rings is 1. The van der Waals surface area contributed by atoms with E-state index >= 15 is 0 Å². The van der Waals surface area contributed by atoms with Crippen LogP contribution < -0.4 is 0 Å². The zero-order valence-electron chi connectivity index (χ0n) is 7.96. The number of rotatable bonds is 3. The van der Waals surface area contributed by atoms with E-state index in [1.165, 1.54) is 12.1 Å². The van der Waals surface area contributed by atoms with Crippen LogP contribution in [0.25, 0.3) is 0 Å². The second-order valence-corrected chi connectivity index (χ2v) is 4.35. The SMILES string of the molecule is O=C(O)CC1(c2c(F)cccc2Cl)CC1. The highest BCUT2D eigenvalue weighted by Crippen LogP contribution is 2.53. The van der Waals surface area contributed by atoms with Gasteiger partial charge in [-0.05, 0) is 25.0 Å². The molecule has 0 aliphatic heterocycles. The molecule has 0 bridgehead atoms. The van der Waals surface area contributed by atoms with Crippen molar-refractivity contribution in [2.75, 3.05) is 0 Å². The molecule has 1 aliphatic rings. The third-order valence-electron chi connectivity index (χ3n) is 2.84. The first-order chi connectivity index (χ1) is 7.05. The first-order valence-corrected chi connectivity index (χ1v) is 5.09. The average Bonchev–Trinajstić information content (AvgIpc) is 2.83. The first kappa shape index (κ1) is 10.4. The maximum Gasteiger partial charge on any atom is 0.304 e. The van der Waals surface area contributed by atoms with Gasteiger partial charge in [0.2, 0.25) is 0 Å². The van der Waals surface area contributed by atoms with Gasteiger partial charge in [-0.2, -0.15) is 0 Å². The molecule has 4 heteroatoms. The largest absolute Gasteiger partial charge is 0.481 e. The summed E-state index contributed by atoms with van der Waals surface area (Å²) in [6.45, 7) is 0. The summed E-state index contributed by atoms with van der Waals surface area (Å²) in [6, 6.07) is 4.45. The van der Waals surface area contributed by atoms with Gasteiger partial charge in [-0.25, -0.2) is 4.39 Å². The highest BCUT2D eigenvalue weighted by molar-refractivity contribution is 6.31. The lowest BCUT2D eigenvalue weighted by atomic mass is 9.92. The van der Waals surface area contributed by atoms with Crippen molar-refractivity contribution in [1.82, 2.24) is 0 Å². The minimum Gasteiger partial charge on any atom is -0.481 e. The smallest absolute Gasteiger partial charge is 0.304 e. The van der Waals surface area contributed by atoms with Gasteiger partial charge in [-0.1, -0.05) is 17.7 Å². The molecule has 0 atom stereocenters. The molecule has 2 nitrogen and oxygen atoms in total. The zero-order valence-corrected chi connectivity index (χ0v) is 8.72. The van der Waals surface area contributed by atoms with E-state index < -0.39 is 17.2 Å². The third kappa shape index (κ3) is 1.84. The predicted molar refractivity (Wildman–Crippen MR) is 54.6 cm³/mol. The summed E-state index contributed by atoms with van der Waals surface area (Å²) < 4.78 is 13.6. The van der Waals surface area contributed by atoms with E-state index in [-0.39, 0.29) is 6.42 Å². The van der Waals surface area contributed by atoms with Crippen LogP contribution in [0, 0.1) is 5.82 Å². The van der Waals surface area contributed by atoms with Gasteiger partial charge in [0.25, 0.3) is 0 Å². The van der Waals surface area contributed by atoms with Gasteiger partial charge in [0.15, 0.2) is 0 Å². The third-order valence-corrected chi connectivity index (χ3v) is 3.15. The molecule has 1 aromatic carbocycles. The summed E-state index contributed by atoms with van der Waals surface area (Å²) in [7, 11) is 0. The Labute approximate surface area is 91.7 Å². The number of aliphatic carboxylic acids is 1. The van der Waals surface area contributed by atoms with Crippen LogP contribution >= 0.6 is 11.6 Å². The van der Waals surface area contributed by atoms with E-state index in [0.717, 1.165) is 0 Å². The second-order valence-electron chi connectivity index (χ2n) is 3.95. The lowest BCUT2D eigenvalue weighted by molar-refractivity contribution is -0.137. The molecular weight excluding hydrogens is 219 g/mol. The minimum atomic E-state index is -0.910. The lowest BCUT2D eigenvalue weighted by Crippen LogP contribution is -2.15. The molecule has 1 aromatic rings.